The van der Waals surface area contributed by atoms with E-state index in [1.165, 1.54) is 0 Å². The van der Waals surface area contributed by atoms with Crippen LogP contribution in [0.4, 0.5) is 0 Å². The van der Waals surface area contributed by atoms with Crippen LogP contribution in [-0.4, -0.2) is 27.1 Å². The Morgan fingerprint density at radius 2 is 2.10 bits per heavy atom. The van der Waals surface area contributed by atoms with E-state index < -0.39 is 11.5 Å². The van der Waals surface area contributed by atoms with Crippen LogP contribution in [0.25, 0.3) is 0 Å². The Balaban J connectivity index is 2.27. The quantitative estimate of drug-likeness (QED) is 0.889. The number of amides is 1. The Morgan fingerprint density at radius 3 is 2.60 bits per heavy atom. The Morgan fingerprint density at radius 1 is 1.40 bits per heavy atom. The van der Waals surface area contributed by atoms with Crippen LogP contribution >= 0.6 is 0 Å². The van der Waals surface area contributed by atoms with Crippen LogP contribution in [0.3, 0.4) is 0 Å². The molecule has 1 aliphatic rings. The fourth-order valence-corrected chi connectivity index (χ4v) is 3.01. The van der Waals surface area contributed by atoms with E-state index >= 15 is 0 Å². The van der Waals surface area contributed by atoms with Crippen molar-refractivity contribution in [2.45, 2.75) is 45.1 Å². The lowest BCUT2D eigenvalue weighted by atomic mass is 9.73. The molecule has 1 aliphatic carbocycles. The summed E-state index contributed by atoms with van der Waals surface area (Å²) >= 11 is 0. The molecular weight excluding hydrogens is 256 g/mol. The van der Waals surface area contributed by atoms with Crippen molar-refractivity contribution in [2.24, 2.45) is 13.0 Å². The third kappa shape index (κ3) is 2.32. The molecule has 2 N–H and O–H groups in total. The number of rotatable bonds is 3. The maximum atomic E-state index is 12.4. The van der Waals surface area contributed by atoms with Gasteiger partial charge < -0.3 is 15.0 Å². The minimum atomic E-state index is -1.13. The van der Waals surface area contributed by atoms with Gasteiger partial charge in [-0.2, -0.15) is 0 Å². The van der Waals surface area contributed by atoms with Gasteiger partial charge in [-0.25, -0.2) is 4.79 Å². The lowest BCUT2D eigenvalue weighted by Gasteiger charge is -2.39. The zero-order valence-corrected chi connectivity index (χ0v) is 12.3. The number of aliphatic carboxylic acids is 1. The van der Waals surface area contributed by atoms with Crippen molar-refractivity contribution in [1.82, 2.24) is 9.88 Å². The fraction of sp³-hybridized carbons (Fsp3) is 0.600. The second-order valence-corrected chi connectivity index (χ2v) is 5.80. The van der Waals surface area contributed by atoms with E-state index in [0.717, 1.165) is 25.0 Å². The van der Waals surface area contributed by atoms with Crippen LogP contribution in [0.2, 0.25) is 0 Å². The second-order valence-electron chi connectivity index (χ2n) is 5.80. The van der Waals surface area contributed by atoms with Crippen molar-refractivity contribution in [3.8, 4) is 0 Å². The molecule has 0 bridgehead atoms. The number of carbonyl (C=O) groups excluding carboxylic acids is 1. The first kappa shape index (κ1) is 14.6. The topological polar surface area (TPSA) is 71.3 Å². The van der Waals surface area contributed by atoms with Gasteiger partial charge in [0.05, 0.1) is 0 Å². The lowest BCUT2D eigenvalue weighted by molar-refractivity contribution is -0.148. The van der Waals surface area contributed by atoms with Crippen LogP contribution in [0, 0.1) is 12.8 Å². The summed E-state index contributed by atoms with van der Waals surface area (Å²) in [6.45, 7) is 3.82. The van der Waals surface area contributed by atoms with Crippen molar-refractivity contribution in [3.05, 3.63) is 23.5 Å². The van der Waals surface area contributed by atoms with Crippen molar-refractivity contribution in [3.63, 3.8) is 0 Å². The highest BCUT2D eigenvalue weighted by Crippen LogP contribution is 2.34. The third-order valence-electron chi connectivity index (χ3n) is 4.62. The molecule has 1 aromatic heterocycles. The van der Waals surface area contributed by atoms with Gasteiger partial charge in [-0.05, 0) is 37.8 Å². The van der Waals surface area contributed by atoms with Gasteiger partial charge in [0.1, 0.15) is 11.2 Å². The number of aromatic nitrogens is 1. The standard InChI is InChI=1S/C15H22N2O3/c1-10-6-4-5-9-15(10,14(19)20)16-13(18)12-8-7-11(2)17(12)3/h7-8,10H,4-6,9H2,1-3H3,(H,16,18)(H,19,20). The summed E-state index contributed by atoms with van der Waals surface area (Å²) in [6.07, 6.45) is 3.19. The number of carboxylic acid groups (broad SMARTS) is 1. The Labute approximate surface area is 119 Å². The van der Waals surface area contributed by atoms with E-state index in [1.807, 2.05) is 27.0 Å². The molecule has 0 radical (unpaired) electrons. The molecule has 0 saturated heterocycles. The summed E-state index contributed by atoms with van der Waals surface area (Å²) in [4.78, 5) is 24.1. The molecule has 1 amide bonds. The molecule has 2 unspecified atom stereocenters. The smallest absolute Gasteiger partial charge is 0.329 e. The number of hydrogen-bond acceptors (Lipinski definition) is 2. The molecule has 2 rings (SSSR count). The molecule has 5 heteroatoms. The van der Waals surface area contributed by atoms with Crippen LogP contribution < -0.4 is 5.32 Å². The number of nitrogens with one attached hydrogen (secondary N) is 1. The summed E-state index contributed by atoms with van der Waals surface area (Å²) in [5, 5.41) is 12.4. The van der Waals surface area contributed by atoms with E-state index in [0.29, 0.717) is 12.1 Å². The van der Waals surface area contributed by atoms with Crippen LogP contribution in [0.15, 0.2) is 12.1 Å². The summed E-state index contributed by atoms with van der Waals surface area (Å²) < 4.78 is 1.78. The Hall–Kier alpha value is -1.78. The second kappa shape index (κ2) is 5.31. The molecule has 2 atom stereocenters. The summed E-state index contributed by atoms with van der Waals surface area (Å²) in [7, 11) is 1.81. The minimum Gasteiger partial charge on any atom is -0.479 e. The van der Waals surface area contributed by atoms with Crippen LogP contribution in [0.5, 0.6) is 0 Å². The highest BCUT2D eigenvalue weighted by molar-refractivity contribution is 5.97. The number of carboxylic acids is 1. The molecule has 1 heterocycles. The first-order chi connectivity index (χ1) is 9.38. The molecule has 5 nitrogen and oxygen atoms in total. The van der Waals surface area contributed by atoms with E-state index in [9.17, 15) is 14.7 Å². The van der Waals surface area contributed by atoms with Gasteiger partial charge in [-0.3, -0.25) is 4.79 Å². The SMILES string of the molecule is Cc1ccc(C(=O)NC2(C(=O)O)CCCCC2C)n1C. The Bertz CT molecular complexity index is 535. The molecule has 1 saturated carbocycles. The van der Waals surface area contributed by atoms with Gasteiger partial charge >= 0.3 is 5.97 Å². The number of nitrogens with zero attached hydrogens (tertiary/aromatic N) is 1. The summed E-state index contributed by atoms with van der Waals surface area (Å²) in [5.41, 5.74) is 0.338. The normalized spacial score (nSPS) is 26.2. The largest absolute Gasteiger partial charge is 0.479 e. The third-order valence-corrected chi connectivity index (χ3v) is 4.62. The average Bonchev–Trinajstić information content (AvgIpc) is 2.72. The summed E-state index contributed by atoms with van der Waals surface area (Å²) in [6, 6.07) is 3.58. The fourth-order valence-electron chi connectivity index (χ4n) is 3.01. The predicted octanol–water partition coefficient (Wildman–Crippen LogP) is 2.10. The van der Waals surface area contributed by atoms with Gasteiger partial charge in [0.15, 0.2) is 0 Å². The number of hydrogen-bond donors (Lipinski definition) is 2. The average molecular weight is 278 g/mol. The number of carbonyl (C=O) groups is 2. The zero-order valence-electron chi connectivity index (χ0n) is 12.3. The molecule has 0 aromatic carbocycles. The predicted molar refractivity (Wildman–Crippen MR) is 75.6 cm³/mol. The maximum Gasteiger partial charge on any atom is 0.329 e. The van der Waals surface area contributed by atoms with E-state index in [-0.39, 0.29) is 11.8 Å². The van der Waals surface area contributed by atoms with Crippen LogP contribution in [0.1, 0.15) is 48.8 Å². The van der Waals surface area contributed by atoms with Crippen molar-refractivity contribution in [2.75, 3.05) is 0 Å². The summed E-state index contributed by atoms with van der Waals surface area (Å²) in [5.74, 6) is -1.29. The monoisotopic (exact) mass is 278 g/mol. The van der Waals surface area contributed by atoms with E-state index in [2.05, 4.69) is 5.32 Å². The van der Waals surface area contributed by atoms with Crippen molar-refractivity contribution >= 4 is 11.9 Å². The maximum absolute atomic E-state index is 12.4. The Kier molecular flexibility index (Phi) is 3.88. The van der Waals surface area contributed by atoms with Gasteiger partial charge in [-0.15, -0.1) is 0 Å². The molecule has 20 heavy (non-hydrogen) atoms. The van der Waals surface area contributed by atoms with Gasteiger partial charge in [0.25, 0.3) is 5.91 Å². The van der Waals surface area contributed by atoms with Crippen molar-refractivity contribution < 1.29 is 14.7 Å². The molecule has 0 spiro atoms. The number of aryl methyl sites for hydroxylation is 1. The molecule has 1 aromatic rings. The highest BCUT2D eigenvalue weighted by Gasteiger charge is 2.46. The van der Waals surface area contributed by atoms with Crippen LogP contribution in [-0.2, 0) is 11.8 Å². The highest BCUT2D eigenvalue weighted by atomic mass is 16.4. The molecule has 110 valence electrons. The zero-order chi connectivity index (χ0) is 14.9. The molecular formula is C15H22N2O3. The van der Waals surface area contributed by atoms with Gasteiger partial charge in [0.2, 0.25) is 0 Å². The first-order valence-electron chi connectivity index (χ1n) is 7.06. The van der Waals surface area contributed by atoms with E-state index in [4.69, 9.17) is 0 Å². The lowest BCUT2D eigenvalue weighted by Crippen LogP contribution is -2.60. The van der Waals surface area contributed by atoms with Crippen molar-refractivity contribution in [1.29, 1.82) is 0 Å². The first-order valence-corrected chi connectivity index (χ1v) is 7.06. The minimum absolute atomic E-state index is 0.0564. The molecule has 0 aliphatic heterocycles. The van der Waals surface area contributed by atoms with Gasteiger partial charge in [-0.1, -0.05) is 19.8 Å². The van der Waals surface area contributed by atoms with E-state index in [1.54, 1.807) is 10.6 Å². The van der Waals surface area contributed by atoms with Gasteiger partial charge in [0, 0.05) is 12.7 Å². The molecule has 1 fully saturated rings.